The molecule has 2 aromatic carbocycles. The molecule has 9 nitrogen and oxygen atoms in total. The van der Waals surface area contributed by atoms with E-state index in [0.29, 0.717) is 24.5 Å². The van der Waals surface area contributed by atoms with Gasteiger partial charge in [0, 0.05) is 25.3 Å². The standard InChI is InChI=1S/C18H27NO5S.C7H8O3S/c1-5-22-12-17(24-14(2)20)13-23-16-8-6-7-15(11-16)19-18(21)9-10-25(3)4;1-6-2-4-7(5-3-6)11(8,9)10/h6-8,11,17H,5,9-10,12-13H2,1-4H3;2-5H,1H3,(H,8,9,10). The molecule has 0 bridgehead atoms. The molecule has 1 unspecified atom stereocenters. The van der Waals surface area contributed by atoms with Crippen LogP contribution in [0.3, 0.4) is 0 Å². The van der Waals surface area contributed by atoms with Gasteiger partial charge in [-0.15, -0.1) is 0 Å². The minimum atomic E-state index is -4.27. The summed E-state index contributed by atoms with van der Waals surface area (Å²) in [5, 5.41) is 2.87. The van der Waals surface area contributed by atoms with Crippen LogP contribution in [0.4, 0.5) is 5.69 Å². The molecular weight excluding hydrogens is 506 g/mol. The zero-order chi connectivity index (χ0) is 27.1. The molecule has 0 spiro atoms. The Morgan fingerprint density at radius 2 is 1.75 bits per heavy atom. The third kappa shape index (κ3) is 14.1. The third-order valence-corrected chi connectivity index (χ3v) is 6.31. The average Bonchev–Trinajstić information content (AvgIpc) is 2.79. The predicted molar refractivity (Wildman–Crippen MR) is 140 cm³/mol. The number of ether oxygens (including phenoxy) is 3. The summed E-state index contributed by atoms with van der Waals surface area (Å²) in [6.45, 7) is 6.05. The van der Waals surface area contributed by atoms with E-state index in [9.17, 15) is 22.6 Å². The van der Waals surface area contributed by atoms with Gasteiger partial charge in [0.1, 0.15) is 28.2 Å². The van der Waals surface area contributed by atoms with Crippen LogP contribution in [-0.2, 0) is 40.1 Å². The van der Waals surface area contributed by atoms with Crippen LogP contribution in [-0.4, -0.2) is 69.0 Å². The molecule has 11 heteroatoms. The number of rotatable bonds is 12. The van der Waals surface area contributed by atoms with Crippen molar-refractivity contribution >= 4 is 38.6 Å². The van der Waals surface area contributed by atoms with E-state index < -0.39 is 16.2 Å². The molecule has 1 N–H and O–H groups in total. The summed E-state index contributed by atoms with van der Waals surface area (Å²) in [5.74, 6) is 1.09. The number of carbonyl (C=O) groups excluding carboxylic acids is 2. The molecule has 0 saturated heterocycles. The maximum Gasteiger partial charge on any atom is 0.303 e. The van der Waals surface area contributed by atoms with Crippen LogP contribution in [0, 0.1) is 6.92 Å². The Labute approximate surface area is 216 Å². The number of anilines is 1. The van der Waals surface area contributed by atoms with Crippen molar-refractivity contribution in [1.82, 2.24) is 0 Å². The van der Waals surface area contributed by atoms with Crippen molar-refractivity contribution in [1.29, 1.82) is 0 Å². The molecule has 0 fully saturated rings. The van der Waals surface area contributed by atoms with Crippen LogP contribution in [0.5, 0.6) is 5.75 Å². The van der Waals surface area contributed by atoms with Gasteiger partial charge in [0.15, 0.2) is 6.10 Å². The van der Waals surface area contributed by atoms with Crippen LogP contribution in [0.1, 0.15) is 25.8 Å². The molecule has 2 rings (SSSR count). The van der Waals surface area contributed by atoms with Crippen molar-refractivity contribution in [3.63, 3.8) is 0 Å². The van der Waals surface area contributed by atoms with Crippen LogP contribution < -0.4 is 10.1 Å². The highest BCUT2D eigenvalue weighted by molar-refractivity contribution is 7.95. The molecule has 0 aliphatic carbocycles. The smallest absolute Gasteiger partial charge is 0.303 e. The normalized spacial score (nSPS) is 11.8. The summed E-state index contributed by atoms with van der Waals surface area (Å²) in [5.41, 5.74) is 1.61. The van der Waals surface area contributed by atoms with Gasteiger partial charge in [-0.2, -0.15) is 0 Å². The van der Waals surface area contributed by atoms with Gasteiger partial charge >= 0.3 is 5.97 Å². The van der Waals surface area contributed by atoms with Crippen molar-refractivity contribution in [3.05, 3.63) is 54.1 Å². The first kappa shape index (κ1) is 31.4. The Bertz CT molecular complexity index is 1060. The first-order valence-corrected chi connectivity index (χ1v) is 14.9. The molecule has 0 aliphatic rings. The molecule has 1 amide bonds. The van der Waals surface area contributed by atoms with Crippen molar-refractivity contribution in [3.8, 4) is 5.75 Å². The van der Waals surface area contributed by atoms with Gasteiger partial charge in [-0.1, -0.05) is 23.8 Å². The second-order valence-corrected chi connectivity index (χ2v) is 11.7. The summed E-state index contributed by atoms with van der Waals surface area (Å²) < 4.78 is 47.3. The molecule has 1 atom stereocenters. The number of amides is 1. The highest BCUT2D eigenvalue weighted by atomic mass is 32.2. The van der Waals surface area contributed by atoms with Gasteiger partial charge in [-0.25, -0.2) is 8.42 Å². The lowest BCUT2D eigenvalue weighted by atomic mass is 10.2. The Balaban J connectivity index is 0.000000488. The molecule has 0 radical (unpaired) electrons. The van der Waals surface area contributed by atoms with Gasteiger partial charge in [0.2, 0.25) is 5.91 Å². The molecule has 36 heavy (non-hydrogen) atoms. The van der Waals surface area contributed by atoms with Crippen molar-refractivity contribution in [2.24, 2.45) is 0 Å². The minimum absolute atomic E-state index is 0.00696. The lowest BCUT2D eigenvalue weighted by Crippen LogP contribution is -2.29. The summed E-state index contributed by atoms with van der Waals surface area (Å²) in [6.07, 6.45) is 4.26. The molecule has 0 aliphatic heterocycles. The van der Waals surface area contributed by atoms with E-state index in [1.807, 2.05) is 19.9 Å². The lowest BCUT2D eigenvalue weighted by molar-refractivity contribution is -0.151. The Kier molecular flexibility index (Phi) is 14.1. The number of nitrogens with one attached hydrogen (secondary N) is 1. The Hall–Kier alpha value is -2.60. The first-order valence-electron chi connectivity index (χ1n) is 11.2. The van der Waals surface area contributed by atoms with E-state index in [-0.39, 0.29) is 40.9 Å². The van der Waals surface area contributed by atoms with Gasteiger partial charge in [0.05, 0.1) is 30.4 Å². The van der Waals surface area contributed by atoms with Crippen molar-refractivity contribution in [2.75, 3.05) is 43.4 Å². The number of esters is 1. The quantitative estimate of drug-likeness (QED) is 0.246. The summed E-state index contributed by atoms with van der Waals surface area (Å²) in [4.78, 5) is 22.9. The molecular formula is C25H35NO8S2. The van der Waals surface area contributed by atoms with Gasteiger partial charge in [-0.3, -0.25) is 9.59 Å². The zero-order valence-corrected chi connectivity index (χ0v) is 22.9. The number of carbonyl (C=O) groups is 2. The molecule has 0 saturated carbocycles. The van der Waals surface area contributed by atoms with Gasteiger partial charge in [0.25, 0.3) is 0 Å². The van der Waals surface area contributed by atoms with Crippen LogP contribution in [0.2, 0.25) is 0 Å². The number of hydrogen-bond donors (Lipinski definition) is 1. The fraction of sp³-hybridized carbons (Fsp3) is 0.440. The highest BCUT2D eigenvalue weighted by Crippen LogP contribution is 2.18. The lowest BCUT2D eigenvalue weighted by Gasteiger charge is -2.17. The molecule has 200 valence electrons. The summed E-state index contributed by atoms with van der Waals surface area (Å²) in [7, 11) is -4.02. The largest absolute Gasteiger partial charge is 0.744 e. The number of hydrogen-bond acceptors (Lipinski definition) is 8. The minimum Gasteiger partial charge on any atom is -0.744 e. The first-order chi connectivity index (χ1) is 16.9. The van der Waals surface area contributed by atoms with Crippen molar-refractivity contribution < 1.29 is 36.8 Å². The molecule has 2 aromatic rings. The van der Waals surface area contributed by atoms with E-state index >= 15 is 0 Å². The fourth-order valence-corrected chi connectivity index (χ4v) is 3.74. The van der Waals surface area contributed by atoms with Crippen LogP contribution >= 0.6 is 0 Å². The fourth-order valence-electron chi connectivity index (χ4n) is 2.68. The monoisotopic (exact) mass is 541 g/mol. The summed E-state index contributed by atoms with van der Waals surface area (Å²) >= 11 is 0. The maximum atomic E-state index is 11.9. The Morgan fingerprint density at radius 3 is 2.31 bits per heavy atom. The second kappa shape index (κ2) is 16.2. The third-order valence-electron chi connectivity index (χ3n) is 4.44. The number of benzene rings is 2. The van der Waals surface area contributed by atoms with E-state index in [1.165, 1.54) is 19.1 Å². The van der Waals surface area contributed by atoms with Crippen LogP contribution in [0.25, 0.3) is 0 Å². The van der Waals surface area contributed by atoms with Crippen molar-refractivity contribution in [2.45, 2.75) is 38.2 Å². The Morgan fingerprint density at radius 1 is 1.08 bits per heavy atom. The van der Waals surface area contributed by atoms with E-state index in [0.717, 1.165) is 11.3 Å². The molecule has 0 aromatic heterocycles. The van der Waals surface area contributed by atoms with Gasteiger partial charge in [-0.05, 0) is 49.0 Å². The van der Waals surface area contributed by atoms with E-state index in [1.54, 1.807) is 30.3 Å². The highest BCUT2D eigenvalue weighted by Gasteiger charge is 2.14. The van der Waals surface area contributed by atoms with Gasteiger partial charge < -0.3 is 24.1 Å². The molecule has 0 heterocycles. The second-order valence-electron chi connectivity index (χ2n) is 7.98. The SMILES string of the molecule is CCOCC(COc1cccc(NC(=O)CC[S+](C)C)c1)OC(C)=O.Cc1ccc(S(=O)(=O)[O-])cc1. The average molecular weight is 542 g/mol. The van der Waals surface area contributed by atoms with Crippen LogP contribution in [0.15, 0.2) is 53.4 Å². The van der Waals surface area contributed by atoms with E-state index in [4.69, 9.17) is 14.2 Å². The number of aryl methyl sites for hydroxylation is 1. The zero-order valence-electron chi connectivity index (χ0n) is 21.3. The van der Waals surface area contributed by atoms with E-state index in [2.05, 4.69) is 17.8 Å². The maximum absolute atomic E-state index is 11.9. The topological polar surface area (TPSA) is 131 Å². The predicted octanol–water partition coefficient (Wildman–Crippen LogP) is 3.14. The summed E-state index contributed by atoms with van der Waals surface area (Å²) in [6, 6.07) is 12.9.